The Morgan fingerprint density at radius 2 is 2.00 bits per heavy atom. The number of carbonyl (C=O) groups excluding carboxylic acids is 2. The normalized spacial score (nSPS) is 20.6. The molecule has 1 saturated heterocycles. The molecular formula is C9H15IN2O2. The smallest absolute Gasteiger partial charge is 0.219 e. The largest absolute Gasteiger partial charge is 0.340 e. The Balaban J connectivity index is 2.28. The molecule has 1 unspecified atom stereocenters. The molecule has 0 N–H and O–H groups in total. The van der Waals surface area contributed by atoms with Crippen LogP contribution in [0.2, 0.25) is 0 Å². The van der Waals surface area contributed by atoms with E-state index >= 15 is 0 Å². The molecule has 80 valence electrons. The third-order valence-corrected chi connectivity index (χ3v) is 3.09. The van der Waals surface area contributed by atoms with Crippen molar-refractivity contribution in [3.05, 3.63) is 0 Å². The minimum absolute atomic E-state index is 0.0662. The lowest BCUT2D eigenvalue weighted by Gasteiger charge is -2.34. The van der Waals surface area contributed by atoms with E-state index in [9.17, 15) is 9.59 Å². The van der Waals surface area contributed by atoms with Gasteiger partial charge in [-0.05, 0) is 0 Å². The van der Waals surface area contributed by atoms with Crippen molar-refractivity contribution in [3.63, 3.8) is 0 Å². The van der Waals surface area contributed by atoms with Gasteiger partial charge >= 0.3 is 0 Å². The van der Waals surface area contributed by atoms with Crippen molar-refractivity contribution in [1.29, 1.82) is 0 Å². The molecule has 1 heterocycles. The lowest BCUT2D eigenvalue weighted by atomic mass is 10.3. The van der Waals surface area contributed by atoms with Crippen molar-refractivity contribution in [2.75, 3.05) is 32.7 Å². The van der Waals surface area contributed by atoms with Gasteiger partial charge < -0.3 is 9.69 Å². The predicted octanol–water partition coefficient (Wildman–Crippen LogP) is 0.153. The highest BCUT2D eigenvalue weighted by atomic mass is 127. The number of alkyl halides is 1. The van der Waals surface area contributed by atoms with E-state index in [1.54, 1.807) is 6.92 Å². The first-order chi connectivity index (χ1) is 6.63. The minimum atomic E-state index is 0.0662. The maximum absolute atomic E-state index is 11.0. The summed E-state index contributed by atoms with van der Waals surface area (Å²) in [5.41, 5.74) is 0. The van der Waals surface area contributed by atoms with E-state index in [1.807, 2.05) is 4.90 Å². The molecule has 0 bridgehead atoms. The Morgan fingerprint density at radius 3 is 2.43 bits per heavy atom. The van der Waals surface area contributed by atoms with E-state index < -0.39 is 0 Å². The van der Waals surface area contributed by atoms with Gasteiger partial charge in [-0.15, -0.1) is 0 Å². The van der Waals surface area contributed by atoms with Crippen molar-refractivity contribution in [1.82, 2.24) is 9.80 Å². The number of nitrogens with zero attached hydrogens (tertiary/aromatic N) is 2. The van der Waals surface area contributed by atoms with E-state index in [0.29, 0.717) is 0 Å². The van der Waals surface area contributed by atoms with Gasteiger partial charge in [-0.25, -0.2) is 0 Å². The molecule has 1 aliphatic rings. The van der Waals surface area contributed by atoms with Gasteiger partial charge in [-0.1, -0.05) is 22.6 Å². The predicted molar refractivity (Wildman–Crippen MR) is 62.6 cm³/mol. The molecule has 1 fully saturated rings. The van der Waals surface area contributed by atoms with Gasteiger partial charge in [0.1, 0.15) is 6.29 Å². The van der Waals surface area contributed by atoms with Crippen LogP contribution >= 0.6 is 22.6 Å². The van der Waals surface area contributed by atoms with E-state index in [1.165, 1.54) is 0 Å². The average Bonchev–Trinajstić information content (AvgIpc) is 2.18. The van der Waals surface area contributed by atoms with Gasteiger partial charge in [0.2, 0.25) is 5.91 Å². The van der Waals surface area contributed by atoms with E-state index in [0.717, 1.165) is 39.0 Å². The van der Waals surface area contributed by atoms with E-state index in [-0.39, 0.29) is 9.83 Å². The molecule has 0 aromatic carbocycles. The van der Waals surface area contributed by atoms with Crippen molar-refractivity contribution >= 4 is 34.8 Å². The first-order valence-electron chi connectivity index (χ1n) is 4.70. The molecule has 0 saturated carbocycles. The zero-order chi connectivity index (χ0) is 10.6. The number of piperazine rings is 1. The quantitative estimate of drug-likeness (QED) is 0.423. The molecule has 5 heteroatoms. The summed E-state index contributed by atoms with van der Waals surface area (Å²) in [6.07, 6.45) is 0.970. The highest BCUT2D eigenvalue weighted by molar-refractivity contribution is 14.1. The van der Waals surface area contributed by atoms with Crippen molar-refractivity contribution in [3.8, 4) is 0 Å². The molecule has 0 aromatic rings. The number of hydrogen-bond acceptors (Lipinski definition) is 3. The third kappa shape index (κ3) is 3.53. The summed E-state index contributed by atoms with van der Waals surface area (Å²) in [6, 6.07) is 0. The van der Waals surface area contributed by atoms with Gasteiger partial charge in [0, 0.05) is 39.6 Å². The number of rotatable bonds is 3. The number of halogens is 1. The molecule has 14 heavy (non-hydrogen) atoms. The Hall–Kier alpha value is -0.170. The maximum Gasteiger partial charge on any atom is 0.219 e. The topological polar surface area (TPSA) is 40.6 Å². The van der Waals surface area contributed by atoms with Crippen LogP contribution in [0.25, 0.3) is 0 Å². The SMILES string of the molecule is CC(=O)N1CCN(CC(I)C=O)CC1. The number of carbonyl (C=O) groups is 2. The summed E-state index contributed by atoms with van der Waals surface area (Å²) in [6.45, 7) is 5.74. The summed E-state index contributed by atoms with van der Waals surface area (Å²) < 4.78 is 0.0662. The molecule has 1 aliphatic heterocycles. The lowest BCUT2D eigenvalue weighted by Crippen LogP contribution is -2.49. The van der Waals surface area contributed by atoms with Crippen LogP contribution in [0.3, 0.4) is 0 Å². The minimum Gasteiger partial charge on any atom is -0.340 e. The van der Waals surface area contributed by atoms with Gasteiger partial charge in [-0.3, -0.25) is 9.69 Å². The fourth-order valence-electron chi connectivity index (χ4n) is 1.54. The first kappa shape index (κ1) is 11.9. The Kier molecular flexibility index (Phi) is 4.80. The Bertz CT molecular complexity index is 215. The van der Waals surface area contributed by atoms with Gasteiger partial charge in [0.05, 0.1) is 3.92 Å². The first-order valence-corrected chi connectivity index (χ1v) is 5.95. The number of aldehydes is 1. The molecule has 1 amide bonds. The Labute approximate surface area is 97.8 Å². The molecule has 1 atom stereocenters. The molecule has 0 spiro atoms. The van der Waals surface area contributed by atoms with Gasteiger partial charge in [0.25, 0.3) is 0 Å². The van der Waals surface area contributed by atoms with Crippen LogP contribution in [0.5, 0.6) is 0 Å². The lowest BCUT2D eigenvalue weighted by molar-refractivity contribution is -0.130. The summed E-state index contributed by atoms with van der Waals surface area (Å²) in [7, 11) is 0. The average molecular weight is 310 g/mol. The van der Waals surface area contributed by atoms with Crippen LogP contribution < -0.4 is 0 Å². The molecule has 0 aromatic heterocycles. The second kappa shape index (κ2) is 5.65. The molecule has 1 rings (SSSR count). The second-order valence-electron chi connectivity index (χ2n) is 3.46. The van der Waals surface area contributed by atoms with Crippen LogP contribution in [-0.4, -0.2) is 58.6 Å². The highest BCUT2D eigenvalue weighted by Crippen LogP contribution is 2.05. The van der Waals surface area contributed by atoms with Crippen LogP contribution in [0.15, 0.2) is 0 Å². The maximum atomic E-state index is 11.0. The van der Waals surface area contributed by atoms with Gasteiger partial charge in [-0.2, -0.15) is 0 Å². The molecule has 0 aliphatic carbocycles. The van der Waals surface area contributed by atoms with Crippen molar-refractivity contribution in [2.24, 2.45) is 0 Å². The number of hydrogen-bond donors (Lipinski definition) is 0. The number of amides is 1. The van der Waals surface area contributed by atoms with Crippen LogP contribution in [-0.2, 0) is 9.59 Å². The van der Waals surface area contributed by atoms with Crippen LogP contribution in [0.1, 0.15) is 6.92 Å². The highest BCUT2D eigenvalue weighted by Gasteiger charge is 2.19. The van der Waals surface area contributed by atoms with Gasteiger partial charge in [0.15, 0.2) is 0 Å². The molecular weight excluding hydrogens is 295 g/mol. The summed E-state index contributed by atoms with van der Waals surface area (Å²) >= 11 is 2.14. The standard InChI is InChI=1S/C9H15IN2O2/c1-8(14)12-4-2-11(3-5-12)6-9(10)7-13/h7,9H,2-6H2,1H3. The third-order valence-electron chi connectivity index (χ3n) is 2.40. The molecule has 0 radical (unpaired) electrons. The summed E-state index contributed by atoms with van der Waals surface area (Å²) in [4.78, 5) is 25.6. The Morgan fingerprint density at radius 1 is 1.43 bits per heavy atom. The van der Waals surface area contributed by atoms with Crippen molar-refractivity contribution in [2.45, 2.75) is 10.8 Å². The van der Waals surface area contributed by atoms with Crippen LogP contribution in [0.4, 0.5) is 0 Å². The zero-order valence-electron chi connectivity index (χ0n) is 8.28. The fourth-order valence-corrected chi connectivity index (χ4v) is 2.09. The van der Waals surface area contributed by atoms with Crippen LogP contribution in [0, 0.1) is 0 Å². The molecule has 4 nitrogen and oxygen atoms in total. The van der Waals surface area contributed by atoms with E-state index in [2.05, 4.69) is 27.5 Å². The monoisotopic (exact) mass is 310 g/mol. The fraction of sp³-hybridized carbons (Fsp3) is 0.778. The zero-order valence-corrected chi connectivity index (χ0v) is 10.4. The van der Waals surface area contributed by atoms with E-state index in [4.69, 9.17) is 0 Å². The summed E-state index contributed by atoms with van der Waals surface area (Å²) in [5, 5.41) is 0. The summed E-state index contributed by atoms with van der Waals surface area (Å²) in [5.74, 6) is 0.145. The second-order valence-corrected chi connectivity index (χ2v) is 5.06. The van der Waals surface area contributed by atoms with Crippen molar-refractivity contribution < 1.29 is 9.59 Å².